The van der Waals surface area contributed by atoms with Gasteiger partial charge in [0, 0.05) is 6.20 Å². The number of hydrogen-bond acceptors (Lipinski definition) is 2. The van der Waals surface area contributed by atoms with Crippen LogP contribution < -0.4 is 0 Å². The van der Waals surface area contributed by atoms with Gasteiger partial charge in [-0.25, -0.2) is 4.99 Å². The van der Waals surface area contributed by atoms with Crippen LogP contribution in [-0.4, -0.2) is 22.5 Å². The summed E-state index contributed by atoms with van der Waals surface area (Å²) in [4.78, 5) is 18.3. The molecule has 0 radical (unpaired) electrons. The summed E-state index contributed by atoms with van der Waals surface area (Å²) < 4.78 is 0. The number of rotatable bonds is 1. The first-order valence-electron chi connectivity index (χ1n) is 6.89. The van der Waals surface area contributed by atoms with Gasteiger partial charge >= 0.3 is 0 Å². The quantitative estimate of drug-likeness (QED) is 0.576. The monoisotopic (exact) mass is 267 g/mol. The molecule has 0 unspecified atom stereocenters. The summed E-state index contributed by atoms with van der Waals surface area (Å²) in [6.45, 7) is 1.95. The highest BCUT2D eigenvalue weighted by atomic mass is 16.2. The maximum absolute atomic E-state index is 12.5. The summed E-state index contributed by atoms with van der Waals surface area (Å²) in [5, 5.41) is 8.01. The molecule has 0 aromatic rings. The third-order valence-corrected chi connectivity index (χ3v) is 3.73. The Morgan fingerprint density at radius 1 is 1.45 bits per heavy atom. The molecule has 3 aliphatic rings. The van der Waals surface area contributed by atoms with Gasteiger partial charge in [0.1, 0.15) is 5.84 Å². The molecule has 0 aromatic carbocycles. The zero-order valence-corrected chi connectivity index (χ0v) is 11.5. The smallest absolute Gasteiger partial charge is 0.267 e. The first kappa shape index (κ1) is 12.8. The lowest BCUT2D eigenvalue weighted by atomic mass is 9.91. The second-order valence-electron chi connectivity index (χ2n) is 5.32. The second kappa shape index (κ2) is 5.04. The van der Waals surface area contributed by atoms with Crippen molar-refractivity contribution >= 4 is 17.6 Å². The molecule has 1 amide bonds. The minimum absolute atomic E-state index is 0.0788. The molecule has 3 rings (SSSR count). The van der Waals surface area contributed by atoms with Crippen LogP contribution in [0.1, 0.15) is 26.2 Å². The molecule has 1 aliphatic carbocycles. The minimum Gasteiger partial charge on any atom is -0.282 e. The van der Waals surface area contributed by atoms with E-state index in [9.17, 15) is 4.79 Å². The van der Waals surface area contributed by atoms with Crippen molar-refractivity contribution in [2.45, 2.75) is 26.2 Å². The van der Waals surface area contributed by atoms with Gasteiger partial charge in [0.05, 0.1) is 5.57 Å². The fraction of sp³-hybridized carbons (Fsp3) is 0.312. The number of nitrogens with one attached hydrogen (secondary N) is 1. The Bertz CT molecular complexity index is 620. The van der Waals surface area contributed by atoms with E-state index in [1.807, 2.05) is 25.2 Å². The number of carbonyl (C=O) groups excluding carboxylic acids is 1. The maximum Gasteiger partial charge on any atom is 0.267 e. The highest BCUT2D eigenvalue weighted by Gasteiger charge is 2.30. The molecule has 0 spiro atoms. The predicted molar refractivity (Wildman–Crippen MR) is 79.5 cm³/mol. The van der Waals surface area contributed by atoms with Crippen LogP contribution >= 0.6 is 0 Å². The second-order valence-corrected chi connectivity index (χ2v) is 5.32. The van der Waals surface area contributed by atoms with E-state index in [1.54, 1.807) is 6.20 Å². The molecule has 0 aromatic heterocycles. The van der Waals surface area contributed by atoms with Crippen molar-refractivity contribution in [3.63, 3.8) is 0 Å². The van der Waals surface area contributed by atoms with E-state index >= 15 is 0 Å². The minimum atomic E-state index is -0.144. The number of hydrogen-bond donors (Lipinski definition) is 1. The first-order valence-corrected chi connectivity index (χ1v) is 6.89. The standard InChI is InChI=1S/C16H17N3O/c1-11-7-8-19-14(9-11)18-15(17)13(16(19)20)10-12-5-3-2-4-6-12/h2-3,7-10,12,17H,4-6H2,1H3/t12-/m1/s1. The van der Waals surface area contributed by atoms with Gasteiger partial charge in [0.15, 0.2) is 5.84 Å². The highest BCUT2D eigenvalue weighted by Crippen LogP contribution is 2.25. The molecule has 0 bridgehead atoms. The van der Waals surface area contributed by atoms with Crippen molar-refractivity contribution in [1.29, 1.82) is 5.41 Å². The Labute approximate surface area is 118 Å². The van der Waals surface area contributed by atoms with Gasteiger partial charge in [0.2, 0.25) is 0 Å². The van der Waals surface area contributed by atoms with Crippen LogP contribution in [0.25, 0.3) is 0 Å². The van der Waals surface area contributed by atoms with E-state index in [1.165, 1.54) is 4.90 Å². The Morgan fingerprint density at radius 2 is 2.30 bits per heavy atom. The zero-order chi connectivity index (χ0) is 14.1. The van der Waals surface area contributed by atoms with Crippen molar-refractivity contribution < 1.29 is 4.79 Å². The van der Waals surface area contributed by atoms with Crippen molar-refractivity contribution in [2.24, 2.45) is 10.9 Å². The Kier molecular flexibility index (Phi) is 3.22. The summed E-state index contributed by atoms with van der Waals surface area (Å²) in [5.41, 5.74) is 1.46. The number of allylic oxidation sites excluding steroid dienone is 5. The molecule has 0 saturated heterocycles. The van der Waals surface area contributed by atoms with Crippen molar-refractivity contribution in [2.75, 3.05) is 0 Å². The van der Waals surface area contributed by atoms with E-state index in [0.29, 0.717) is 17.3 Å². The Morgan fingerprint density at radius 3 is 3.05 bits per heavy atom. The van der Waals surface area contributed by atoms with Crippen LogP contribution in [0.2, 0.25) is 0 Å². The van der Waals surface area contributed by atoms with Crippen LogP contribution in [-0.2, 0) is 4.79 Å². The lowest BCUT2D eigenvalue weighted by molar-refractivity contribution is -0.121. The molecule has 20 heavy (non-hydrogen) atoms. The lowest BCUT2D eigenvalue weighted by Crippen LogP contribution is -2.40. The van der Waals surface area contributed by atoms with Crippen LogP contribution in [0, 0.1) is 11.3 Å². The summed E-state index contributed by atoms with van der Waals surface area (Å²) in [7, 11) is 0. The summed E-state index contributed by atoms with van der Waals surface area (Å²) in [5.74, 6) is 0.812. The molecule has 0 fully saturated rings. The van der Waals surface area contributed by atoms with E-state index in [4.69, 9.17) is 5.41 Å². The van der Waals surface area contributed by atoms with Gasteiger partial charge in [-0.15, -0.1) is 0 Å². The zero-order valence-electron chi connectivity index (χ0n) is 11.5. The summed E-state index contributed by atoms with van der Waals surface area (Å²) in [6, 6.07) is 0. The molecule has 102 valence electrons. The molecular formula is C16H17N3O. The largest absolute Gasteiger partial charge is 0.282 e. The molecule has 1 atom stereocenters. The fourth-order valence-corrected chi connectivity index (χ4v) is 2.61. The molecular weight excluding hydrogens is 250 g/mol. The number of amides is 1. The van der Waals surface area contributed by atoms with Gasteiger partial charge in [-0.1, -0.05) is 18.2 Å². The fourth-order valence-electron chi connectivity index (χ4n) is 2.61. The topological polar surface area (TPSA) is 56.5 Å². The first-order chi connectivity index (χ1) is 9.65. The number of nitrogens with zero attached hydrogens (tertiary/aromatic N) is 2. The Balaban J connectivity index is 1.93. The van der Waals surface area contributed by atoms with E-state index < -0.39 is 0 Å². The van der Waals surface area contributed by atoms with Gasteiger partial charge in [-0.3, -0.25) is 15.1 Å². The van der Waals surface area contributed by atoms with Gasteiger partial charge in [0.25, 0.3) is 5.91 Å². The average Bonchev–Trinajstić information content (AvgIpc) is 2.44. The number of amidine groups is 2. The van der Waals surface area contributed by atoms with Crippen LogP contribution in [0.5, 0.6) is 0 Å². The molecule has 2 heterocycles. The third-order valence-electron chi connectivity index (χ3n) is 3.73. The van der Waals surface area contributed by atoms with E-state index in [0.717, 1.165) is 24.8 Å². The van der Waals surface area contributed by atoms with Crippen LogP contribution in [0.4, 0.5) is 0 Å². The number of carbonyl (C=O) groups is 1. The Hall–Kier alpha value is -2.23. The van der Waals surface area contributed by atoms with Gasteiger partial charge in [-0.2, -0.15) is 0 Å². The molecule has 4 nitrogen and oxygen atoms in total. The van der Waals surface area contributed by atoms with E-state index in [2.05, 4.69) is 17.1 Å². The summed E-state index contributed by atoms with van der Waals surface area (Å²) in [6.07, 6.45) is 14.7. The van der Waals surface area contributed by atoms with E-state index in [-0.39, 0.29) is 11.7 Å². The van der Waals surface area contributed by atoms with Crippen molar-refractivity contribution in [3.8, 4) is 0 Å². The lowest BCUT2D eigenvalue weighted by Gasteiger charge is -2.27. The SMILES string of the molecule is CC1=CC2=NC(=N)C(=C[C@@H]3CC=CCC3)C(=O)N2C=C1. The molecule has 0 saturated carbocycles. The van der Waals surface area contributed by atoms with Crippen molar-refractivity contribution in [3.05, 3.63) is 47.7 Å². The van der Waals surface area contributed by atoms with Gasteiger partial charge < -0.3 is 0 Å². The number of fused-ring (bicyclic) bond motifs is 1. The average molecular weight is 267 g/mol. The molecule has 2 aliphatic heterocycles. The van der Waals surface area contributed by atoms with Crippen molar-refractivity contribution in [1.82, 2.24) is 4.90 Å². The number of aliphatic imine (C=N–C) groups is 1. The van der Waals surface area contributed by atoms with Crippen LogP contribution in [0.3, 0.4) is 0 Å². The summed E-state index contributed by atoms with van der Waals surface area (Å²) >= 11 is 0. The van der Waals surface area contributed by atoms with Crippen LogP contribution in [0.15, 0.2) is 52.7 Å². The third kappa shape index (κ3) is 2.29. The normalized spacial score (nSPS) is 27.6. The predicted octanol–water partition coefficient (Wildman–Crippen LogP) is 2.96. The molecule has 1 N–H and O–H groups in total. The molecule has 4 heteroatoms. The highest BCUT2D eigenvalue weighted by molar-refractivity contribution is 6.31. The van der Waals surface area contributed by atoms with Gasteiger partial charge in [-0.05, 0) is 49.8 Å². The maximum atomic E-state index is 12.5.